The highest BCUT2D eigenvalue weighted by Crippen LogP contribution is 2.37. The van der Waals surface area contributed by atoms with E-state index < -0.39 is 9.84 Å². The van der Waals surface area contributed by atoms with Crippen molar-refractivity contribution in [2.45, 2.75) is 14.0 Å². The lowest BCUT2D eigenvalue weighted by atomic mass is 10.1. The van der Waals surface area contributed by atoms with Crippen LogP contribution in [0.15, 0.2) is 74.7 Å². The molecule has 0 spiro atoms. The van der Waals surface area contributed by atoms with Gasteiger partial charge in [0.15, 0.2) is 0 Å². The average molecular weight is 389 g/mol. The minimum atomic E-state index is -3.69. The molecule has 25 heavy (non-hydrogen) atoms. The quantitative estimate of drug-likeness (QED) is 0.389. The monoisotopic (exact) mass is 388 g/mol. The summed E-state index contributed by atoms with van der Waals surface area (Å²) in [6.45, 7) is 0. The van der Waals surface area contributed by atoms with E-state index in [-0.39, 0.29) is 15.6 Å². The van der Waals surface area contributed by atoms with Gasteiger partial charge in [0.25, 0.3) is 0 Å². The van der Waals surface area contributed by atoms with Crippen LogP contribution in [0.25, 0.3) is 11.1 Å². The Kier molecular flexibility index (Phi) is 4.99. The van der Waals surface area contributed by atoms with E-state index in [2.05, 4.69) is 0 Å². The van der Waals surface area contributed by atoms with Crippen molar-refractivity contribution in [3.63, 3.8) is 0 Å². The van der Waals surface area contributed by atoms with Crippen molar-refractivity contribution in [1.29, 1.82) is 5.41 Å². The molecule has 0 amide bonds. The molecule has 0 saturated heterocycles. The molecular weight excluding hydrogens is 372 g/mol. The highest BCUT2D eigenvalue weighted by molar-refractivity contribution is 8.01. The third kappa shape index (κ3) is 3.49. The van der Waals surface area contributed by atoms with Gasteiger partial charge in [-0.2, -0.15) is 0 Å². The number of nitrogen functional groups attached to an aromatic ring is 1. The fourth-order valence-corrected chi connectivity index (χ4v) is 6.32. The van der Waals surface area contributed by atoms with Crippen LogP contribution in [0.4, 0.5) is 0 Å². The summed E-state index contributed by atoms with van der Waals surface area (Å²) in [5, 5.41) is 7.56. The second-order valence-electron chi connectivity index (χ2n) is 5.28. The third-order valence-electron chi connectivity index (χ3n) is 3.66. The molecule has 3 N–H and O–H groups in total. The molecule has 4 nitrogen and oxygen atoms in total. The van der Waals surface area contributed by atoms with E-state index in [1.165, 1.54) is 29.2 Å². The number of rotatable bonds is 5. The first kappa shape index (κ1) is 17.7. The smallest absolute Gasteiger partial charge is 0.208 e. The predicted molar refractivity (Wildman–Crippen MR) is 104 cm³/mol. The molecule has 2 aromatic carbocycles. The minimum absolute atomic E-state index is 0.125. The lowest BCUT2D eigenvalue weighted by Crippen LogP contribution is -2.08. The summed E-state index contributed by atoms with van der Waals surface area (Å²) in [4.78, 5) is 0.902. The van der Waals surface area contributed by atoms with Crippen molar-refractivity contribution >= 4 is 38.8 Å². The van der Waals surface area contributed by atoms with Crippen LogP contribution in [-0.2, 0) is 9.84 Å². The fraction of sp³-hybridized carbons (Fsp3) is 0.0556. The molecule has 0 radical (unpaired) electrons. The number of nitrogens with one attached hydrogen (secondary N) is 1. The van der Waals surface area contributed by atoms with E-state index >= 15 is 0 Å². The SMILES string of the molecule is CSc1sc(C(=N)N)cc1S(=O)(=O)c1cccc(-c2ccccc2)c1. The summed E-state index contributed by atoms with van der Waals surface area (Å²) < 4.78 is 26.9. The molecule has 7 heteroatoms. The van der Waals surface area contributed by atoms with Crippen molar-refractivity contribution in [2.24, 2.45) is 5.73 Å². The topological polar surface area (TPSA) is 84.0 Å². The van der Waals surface area contributed by atoms with Crippen LogP contribution in [0, 0.1) is 5.41 Å². The lowest BCUT2D eigenvalue weighted by molar-refractivity contribution is 0.595. The van der Waals surface area contributed by atoms with E-state index in [4.69, 9.17) is 11.1 Å². The van der Waals surface area contributed by atoms with Crippen molar-refractivity contribution in [1.82, 2.24) is 0 Å². The van der Waals surface area contributed by atoms with Gasteiger partial charge in [-0.25, -0.2) is 8.42 Å². The Labute approximate surface area is 155 Å². The number of thiophene rings is 1. The van der Waals surface area contributed by atoms with Crippen LogP contribution < -0.4 is 5.73 Å². The maximum atomic E-state index is 13.1. The highest BCUT2D eigenvalue weighted by atomic mass is 32.2. The second kappa shape index (κ2) is 7.03. The van der Waals surface area contributed by atoms with Gasteiger partial charge < -0.3 is 5.73 Å². The van der Waals surface area contributed by atoms with E-state index in [0.717, 1.165) is 11.1 Å². The summed E-state index contributed by atoms with van der Waals surface area (Å²) in [5.74, 6) is -0.125. The van der Waals surface area contributed by atoms with Gasteiger partial charge in [-0.05, 0) is 35.6 Å². The summed E-state index contributed by atoms with van der Waals surface area (Å²) >= 11 is 2.57. The Morgan fingerprint density at radius 2 is 1.72 bits per heavy atom. The van der Waals surface area contributed by atoms with Gasteiger partial charge in [0, 0.05) is 0 Å². The minimum Gasteiger partial charge on any atom is -0.383 e. The molecular formula is C18H16N2O2S3. The number of amidine groups is 1. The first-order valence-corrected chi connectivity index (χ1v) is 10.9. The number of sulfone groups is 1. The Hall–Kier alpha value is -2.09. The molecule has 0 atom stereocenters. The normalized spacial score (nSPS) is 11.4. The fourth-order valence-electron chi connectivity index (χ4n) is 2.42. The van der Waals surface area contributed by atoms with Crippen molar-refractivity contribution in [2.75, 3.05) is 6.26 Å². The standard InChI is InChI=1S/C18H16N2O2S3/c1-23-18-16(11-15(24-18)17(19)20)25(21,22)14-9-5-8-13(10-14)12-6-3-2-4-7-12/h2-11H,1H3,(H3,19,20). The van der Waals surface area contributed by atoms with E-state index in [9.17, 15) is 8.42 Å². The number of nitrogens with two attached hydrogens (primary N) is 1. The number of hydrogen-bond donors (Lipinski definition) is 2. The van der Waals surface area contributed by atoms with Crippen molar-refractivity contribution < 1.29 is 8.42 Å². The largest absolute Gasteiger partial charge is 0.383 e. The number of thioether (sulfide) groups is 1. The summed E-state index contributed by atoms with van der Waals surface area (Å²) in [7, 11) is -3.69. The van der Waals surface area contributed by atoms with Crippen LogP contribution in [0.5, 0.6) is 0 Å². The molecule has 0 aliphatic carbocycles. The molecule has 0 saturated carbocycles. The molecule has 128 valence electrons. The van der Waals surface area contributed by atoms with Crippen LogP contribution in [0.3, 0.4) is 0 Å². The summed E-state index contributed by atoms with van der Waals surface area (Å²) in [5.41, 5.74) is 7.32. The van der Waals surface area contributed by atoms with Gasteiger partial charge in [-0.15, -0.1) is 23.1 Å². The second-order valence-corrected chi connectivity index (χ2v) is 9.32. The zero-order valence-electron chi connectivity index (χ0n) is 13.4. The third-order valence-corrected chi connectivity index (χ3v) is 8.00. The zero-order valence-corrected chi connectivity index (χ0v) is 15.8. The van der Waals surface area contributed by atoms with Gasteiger partial charge in [-0.3, -0.25) is 5.41 Å². The molecule has 0 aliphatic rings. The molecule has 3 rings (SSSR count). The Morgan fingerprint density at radius 3 is 2.36 bits per heavy atom. The van der Waals surface area contributed by atoms with Gasteiger partial charge in [-0.1, -0.05) is 42.5 Å². The van der Waals surface area contributed by atoms with Gasteiger partial charge in [0.05, 0.1) is 18.9 Å². The first-order chi connectivity index (χ1) is 11.9. The van der Waals surface area contributed by atoms with Crippen molar-refractivity contribution in [3.05, 3.63) is 65.5 Å². The van der Waals surface area contributed by atoms with Crippen LogP contribution >= 0.6 is 23.1 Å². The molecule has 0 aliphatic heterocycles. The van der Waals surface area contributed by atoms with Crippen molar-refractivity contribution in [3.8, 4) is 11.1 Å². The van der Waals surface area contributed by atoms with Crippen LogP contribution in [0.1, 0.15) is 4.88 Å². The van der Waals surface area contributed by atoms with Crippen LogP contribution in [0.2, 0.25) is 0 Å². The first-order valence-electron chi connectivity index (χ1n) is 7.36. The molecule has 1 aromatic heterocycles. The van der Waals surface area contributed by atoms with E-state index in [0.29, 0.717) is 9.09 Å². The molecule has 3 aromatic rings. The number of hydrogen-bond acceptors (Lipinski definition) is 5. The molecule has 1 heterocycles. The van der Waals surface area contributed by atoms with Crippen LogP contribution in [-0.4, -0.2) is 20.5 Å². The zero-order chi connectivity index (χ0) is 18.0. The maximum Gasteiger partial charge on any atom is 0.208 e. The summed E-state index contributed by atoms with van der Waals surface area (Å²) in [6.07, 6.45) is 1.81. The predicted octanol–water partition coefficient (Wildman–Crippen LogP) is 4.25. The molecule has 0 bridgehead atoms. The Balaban J connectivity index is 2.11. The Morgan fingerprint density at radius 1 is 1.04 bits per heavy atom. The maximum absolute atomic E-state index is 13.1. The highest BCUT2D eigenvalue weighted by Gasteiger charge is 2.25. The summed E-state index contributed by atoms with van der Waals surface area (Å²) in [6, 6.07) is 18.0. The molecule has 0 fully saturated rings. The lowest BCUT2D eigenvalue weighted by Gasteiger charge is -2.07. The molecule has 0 unspecified atom stereocenters. The van der Waals surface area contributed by atoms with E-state index in [1.807, 2.05) is 42.7 Å². The van der Waals surface area contributed by atoms with Gasteiger partial charge in [0.2, 0.25) is 9.84 Å². The average Bonchev–Trinajstić information content (AvgIpc) is 3.08. The number of benzene rings is 2. The van der Waals surface area contributed by atoms with Gasteiger partial charge in [0.1, 0.15) is 5.84 Å². The van der Waals surface area contributed by atoms with Gasteiger partial charge >= 0.3 is 0 Å². The van der Waals surface area contributed by atoms with E-state index in [1.54, 1.807) is 18.2 Å². The Bertz CT molecular complexity index is 1030.